The molecule has 0 unspecified atom stereocenters. The van der Waals surface area contributed by atoms with Crippen LogP contribution in [-0.4, -0.2) is 22.0 Å². The maximum Gasteiger partial charge on any atom is 0.354 e. The summed E-state index contributed by atoms with van der Waals surface area (Å²) in [6.07, 6.45) is 0. The third kappa shape index (κ3) is 2.08. The average Bonchev–Trinajstić information content (AvgIpc) is 2.76. The third-order valence-electron chi connectivity index (χ3n) is 3.11. The molecule has 6 heteroatoms. The Balaban J connectivity index is 2.00. The number of carbonyl (C=O) groups is 2. The first kappa shape index (κ1) is 12.8. The Morgan fingerprint density at radius 1 is 1.30 bits per heavy atom. The Hall–Kier alpha value is -2.21. The van der Waals surface area contributed by atoms with Crippen LogP contribution in [0.3, 0.4) is 0 Å². The van der Waals surface area contributed by atoms with Crippen LogP contribution in [0.15, 0.2) is 40.9 Å². The molecule has 1 amide bonds. The number of pyridine rings is 1. The van der Waals surface area contributed by atoms with E-state index >= 15 is 0 Å². The zero-order valence-corrected chi connectivity index (χ0v) is 11.8. The molecule has 0 spiro atoms. The first-order valence-corrected chi connectivity index (χ1v) is 6.66. The molecule has 3 rings (SSSR count). The number of carboxylic acid groups (broad SMARTS) is 1. The van der Waals surface area contributed by atoms with Crippen LogP contribution in [0, 0.1) is 0 Å². The van der Waals surface area contributed by atoms with Gasteiger partial charge in [0, 0.05) is 10.0 Å². The molecule has 5 nitrogen and oxygen atoms in total. The van der Waals surface area contributed by atoms with Crippen LogP contribution in [0.1, 0.15) is 26.4 Å². The number of hydrogen-bond acceptors (Lipinski definition) is 3. The van der Waals surface area contributed by atoms with Gasteiger partial charge in [-0.3, -0.25) is 9.69 Å². The third-order valence-corrected chi connectivity index (χ3v) is 3.60. The molecular formula is C14H9BrN2O3. The summed E-state index contributed by atoms with van der Waals surface area (Å²) >= 11 is 3.34. The number of aromatic carboxylic acids is 1. The van der Waals surface area contributed by atoms with Gasteiger partial charge in [-0.05, 0) is 29.8 Å². The molecule has 2 aromatic rings. The summed E-state index contributed by atoms with van der Waals surface area (Å²) in [4.78, 5) is 28.8. The number of nitrogens with zero attached hydrogens (tertiary/aromatic N) is 2. The van der Waals surface area contributed by atoms with Crippen LogP contribution >= 0.6 is 15.9 Å². The highest BCUT2D eigenvalue weighted by molar-refractivity contribution is 9.10. The van der Waals surface area contributed by atoms with Gasteiger partial charge in [0.1, 0.15) is 5.82 Å². The fourth-order valence-electron chi connectivity index (χ4n) is 2.15. The van der Waals surface area contributed by atoms with Gasteiger partial charge in [0.2, 0.25) is 0 Å². The van der Waals surface area contributed by atoms with Gasteiger partial charge >= 0.3 is 5.97 Å². The molecule has 1 N–H and O–H groups in total. The van der Waals surface area contributed by atoms with Gasteiger partial charge in [0.05, 0.1) is 6.54 Å². The highest BCUT2D eigenvalue weighted by Crippen LogP contribution is 2.29. The Bertz CT molecular complexity index is 730. The number of rotatable bonds is 2. The molecule has 1 aliphatic rings. The monoisotopic (exact) mass is 332 g/mol. The summed E-state index contributed by atoms with van der Waals surface area (Å²) in [7, 11) is 0. The fourth-order valence-corrected chi connectivity index (χ4v) is 2.51. The smallest absolute Gasteiger partial charge is 0.354 e. The molecule has 100 valence electrons. The minimum absolute atomic E-state index is 0.0764. The quantitative estimate of drug-likeness (QED) is 0.917. The molecular weight excluding hydrogens is 324 g/mol. The van der Waals surface area contributed by atoms with Crippen LogP contribution in [-0.2, 0) is 6.54 Å². The number of carbonyl (C=O) groups excluding carboxylic acids is 1. The van der Waals surface area contributed by atoms with E-state index in [1.807, 2.05) is 12.1 Å². The fraction of sp³-hybridized carbons (Fsp3) is 0.0714. The summed E-state index contributed by atoms with van der Waals surface area (Å²) in [5.74, 6) is -0.933. The van der Waals surface area contributed by atoms with E-state index in [9.17, 15) is 9.59 Å². The van der Waals surface area contributed by atoms with E-state index in [0.29, 0.717) is 17.9 Å². The van der Waals surface area contributed by atoms with Crippen LogP contribution in [0.2, 0.25) is 0 Å². The van der Waals surface area contributed by atoms with Crippen molar-refractivity contribution < 1.29 is 14.7 Å². The summed E-state index contributed by atoms with van der Waals surface area (Å²) in [6, 6.07) is 10.1. The van der Waals surface area contributed by atoms with Crippen molar-refractivity contribution in [2.24, 2.45) is 0 Å². The van der Waals surface area contributed by atoms with Gasteiger partial charge in [0.25, 0.3) is 5.91 Å². The average molecular weight is 333 g/mol. The predicted molar refractivity (Wildman–Crippen MR) is 75.9 cm³/mol. The van der Waals surface area contributed by atoms with E-state index in [0.717, 1.165) is 10.0 Å². The second kappa shape index (κ2) is 4.72. The van der Waals surface area contributed by atoms with E-state index < -0.39 is 5.97 Å². The number of anilines is 1. The number of amides is 1. The van der Waals surface area contributed by atoms with Crippen LogP contribution in [0.5, 0.6) is 0 Å². The standard InChI is InChI=1S/C14H9BrN2O3/c15-9-5-4-8-7-17(13(18)10(8)6-9)12-3-1-2-11(16-12)14(19)20/h1-6H,7H2,(H,19,20). The molecule has 0 atom stereocenters. The minimum Gasteiger partial charge on any atom is -0.477 e. The highest BCUT2D eigenvalue weighted by Gasteiger charge is 2.29. The van der Waals surface area contributed by atoms with E-state index in [1.54, 1.807) is 18.2 Å². The SMILES string of the molecule is O=C(O)c1cccc(N2Cc3ccc(Br)cc3C2=O)n1. The molecule has 1 aliphatic heterocycles. The zero-order valence-electron chi connectivity index (χ0n) is 10.2. The van der Waals surface area contributed by atoms with Crippen LogP contribution < -0.4 is 4.90 Å². The number of benzene rings is 1. The number of halogens is 1. The van der Waals surface area contributed by atoms with Crippen molar-refractivity contribution in [3.8, 4) is 0 Å². The maximum atomic E-state index is 12.3. The molecule has 0 aliphatic carbocycles. The Morgan fingerprint density at radius 3 is 2.85 bits per heavy atom. The van der Waals surface area contributed by atoms with Crippen molar-refractivity contribution in [1.29, 1.82) is 0 Å². The lowest BCUT2D eigenvalue weighted by molar-refractivity contribution is 0.0690. The van der Waals surface area contributed by atoms with Gasteiger partial charge in [-0.25, -0.2) is 9.78 Å². The molecule has 1 aromatic carbocycles. The maximum absolute atomic E-state index is 12.3. The van der Waals surface area contributed by atoms with Gasteiger partial charge in [0.15, 0.2) is 5.69 Å². The molecule has 0 saturated carbocycles. The van der Waals surface area contributed by atoms with Gasteiger partial charge in [-0.15, -0.1) is 0 Å². The van der Waals surface area contributed by atoms with Crippen molar-refractivity contribution in [3.63, 3.8) is 0 Å². The van der Waals surface area contributed by atoms with E-state index in [2.05, 4.69) is 20.9 Å². The molecule has 0 fully saturated rings. The van der Waals surface area contributed by atoms with Crippen molar-refractivity contribution in [2.75, 3.05) is 4.90 Å². The summed E-state index contributed by atoms with van der Waals surface area (Å²) < 4.78 is 0.832. The summed E-state index contributed by atoms with van der Waals surface area (Å²) in [5.41, 5.74) is 1.44. The van der Waals surface area contributed by atoms with Gasteiger partial charge in [-0.1, -0.05) is 28.1 Å². The van der Waals surface area contributed by atoms with Crippen molar-refractivity contribution in [3.05, 3.63) is 57.7 Å². The van der Waals surface area contributed by atoms with Crippen LogP contribution in [0.4, 0.5) is 5.82 Å². The Kier molecular flexibility index (Phi) is 3.02. The van der Waals surface area contributed by atoms with Crippen LogP contribution in [0.25, 0.3) is 0 Å². The number of aromatic nitrogens is 1. The van der Waals surface area contributed by atoms with Crippen molar-refractivity contribution in [2.45, 2.75) is 6.54 Å². The highest BCUT2D eigenvalue weighted by atomic mass is 79.9. The van der Waals surface area contributed by atoms with E-state index in [4.69, 9.17) is 5.11 Å². The summed E-state index contributed by atoms with van der Waals surface area (Å²) in [5, 5.41) is 8.96. The Morgan fingerprint density at radius 2 is 2.10 bits per heavy atom. The van der Waals surface area contributed by atoms with Gasteiger partial charge < -0.3 is 5.11 Å². The molecule has 0 radical (unpaired) electrons. The molecule has 20 heavy (non-hydrogen) atoms. The first-order valence-electron chi connectivity index (χ1n) is 5.87. The lowest BCUT2D eigenvalue weighted by Crippen LogP contribution is -2.24. The normalized spacial score (nSPS) is 13.4. The second-order valence-corrected chi connectivity index (χ2v) is 5.29. The van der Waals surface area contributed by atoms with E-state index in [-0.39, 0.29) is 11.6 Å². The van der Waals surface area contributed by atoms with Crippen molar-refractivity contribution >= 4 is 33.6 Å². The number of hydrogen-bond donors (Lipinski definition) is 1. The summed E-state index contributed by atoms with van der Waals surface area (Å²) in [6.45, 7) is 0.400. The minimum atomic E-state index is -1.11. The second-order valence-electron chi connectivity index (χ2n) is 4.38. The molecule has 2 heterocycles. The lowest BCUT2D eigenvalue weighted by Gasteiger charge is -2.14. The lowest BCUT2D eigenvalue weighted by atomic mass is 10.1. The van der Waals surface area contributed by atoms with Crippen molar-refractivity contribution in [1.82, 2.24) is 4.98 Å². The topological polar surface area (TPSA) is 70.5 Å². The predicted octanol–water partition coefficient (Wildman–Crippen LogP) is 2.70. The largest absolute Gasteiger partial charge is 0.477 e. The Labute approximate surface area is 123 Å². The zero-order chi connectivity index (χ0) is 14.3. The van der Waals surface area contributed by atoms with Gasteiger partial charge in [-0.2, -0.15) is 0 Å². The van der Waals surface area contributed by atoms with E-state index in [1.165, 1.54) is 11.0 Å². The molecule has 1 aromatic heterocycles. The molecule has 0 bridgehead atoms. The number of fused-ring (bicyclic) bond motifs is 1. The number of carboxylic acids is 1. The molecule has 0 saturated heterocycles. The first-order chi connectivity index (χ1) is 9.56.